The lowest BCUT2D eigenvalue weighted by atomic mass is 9.98. The van der Waals surface area contributed by atoms with Gasteiger partial charge in [0, 0.05) is 19.2 Å². The van der Waals surface area contributed by atoms with Gasteiger partial charge in [0.2, 0.25) is 5.88 Å². The minimum Gasteiger partial charge on any atom is -0.497 e. The number of nitrogens with one attached hydrogen (secondary N) is 2. The molecule has 2 rings (SSSR count). The SMILES string of the molecule is CCNC(=NCc1cccc(OC)n1)NCCC(C)c1ccc(OC)cc1.I. The van der Waals surface area contributed by atoms with Crippen molar-refractivity contribution < 1.29 is 9.47 Å². The fourth-order valence-electron chi connectivity index (χ4n) is 2.67. The summed E-state index contributed by atoms with van der Waals surface area (Å²) in [5.41, 5.74) is 2.18. The van der Waals surface area contributed by atoms with Crippen molar-refractivity contribution in [2.45, 2.75) is 32.7 Å². The molecule has 0 aliphatic heterocycles. The van der Waals surface area contributed by atoms with Crippen molar-refractivity contribution in [1.82, 2.24) is 15.6 Å². The summed E-state index contributed by atoms with van der Waals surface area (Å²) in [5.74, 6) is 2.74. The van der Waals surface area contributed by atoms with Crippen molar-refractivity contribution >= 4 is 29.9 Å². The number of ether oxygens (including phenoxy) is 2. The molecule has 1 heterocycles. The monoisotopic (exact) mass is 498 g/mol. The van der Waals surface area contributed by atoms with E-state index in [1.54, 1.807) is 14.2 Å². The Kier molecular flexibility index (Phi) is 11.3. The number of pyridine rings is 1. The van der Waals surface area contributed by atoms with E-state index in [4.69, 9.17) is 9.47 Å². The predicted molar refractivity (Wildman–Crippen MR) is 125 cm³/mol. The van der Waals surface area contributed by atoms with Crippen LogP contribution in [0.2, 0.25) is 0 Å². The zero-order valence-electron chi connectivity index (χ0n) is 17.1. The zero-order valence-corrected chi connectivity index (χ0v) is 19.4. The summed E-state index contributed by atoms with van der Waals surface area (Å²) in [6, 6.07) is 14.0. The second kappa shape index (κ2) is 13.2. The fraction of sp³-hybridized carbons (Fsp3) is 0.429. The van der Waals surface area contributed by atoms with Crippen LogP contribution < -0.4 is 20.1 Å². The molecular formula is C21H31IN4O2. The highest BCUT2D eigenvalue weighted by molar-refractivity contribution is 14.0. The number of halogens is 1. The lowest BCUT2D eigenvalue weighted by molar-refractivity contribution is 0.396. The van der Waals surface area contributed by atoms with Crippen molar-refractivity contribution in [2.24, 2.45) is 4.99 Å². The number of hydrogen-bond donors (Lipinski definition) is 2. The molecule has 2 N–H and O–H groups in total. The van der Waals surface area contributed by atoms with Crippen LogP contribution in [0.3, 0.4) is 0 Å². The van der Waals surface area contributed by atoms with E-state index in [1.165, 1.54) is 5.56 Å². The topological polar surface area (TPSA) is 67.8 Å². The molecule has 0 radical (unpaired) electrons. The summed E-state index contributed by atoms with van der Waals surface area (Å²) in [6.45, 7) is 6.44. The maximum atomic E-state index is 5.22. The Balaban J connectivity index is 0.00000392. The maximum Gasteiger partial charge on any atom is 0.213 e. The lowest BCUT2D eigenvalue weighted by Gasteiger charge is -2.15. The highest BCUT2D eigenvalue weighted by Gasteiger charge is 2.06. The molecule has 154 valence electrons. The molecule has 0 fully saturated rings. The molecule has 2 aromatic rings. The average molecular weight is 498 g/mol. The van der Waals surface area contributed by atoms with E-state index >= 15 is 0 Å². The first-order chi connectivity index (χ1) is 13.2. The Morgan fingerprint density at radius 1 is 1.07 bits per heavy atom. The Labute approximate surface area is 185 Å². The summed E-state index contributed by atoms with van der Waals surface area (Å²) in [6.07, 6.45) is 1.01. The van der Waals surface area contributed by atoms with Gasteiger partial charge in [-0.15, -0.1) is 24.0 Å². The zero-order chi connectivity index (χ0) is 19.5. The number of rotatable bonds is 9. The standard InChI is InChI=1S/C21H30N4O2.HI/c1-5-22-21(24-15-18-7-6-8-20(25-18)27-4)23-14-13-16(2)17-9-11-19(26-3)12-10-17;/h6-12,16H,5,13-15H2,1-4H3,(H2,22,23,24);1H. The number of nitrogens with zero attached hydrogens (tertiary/aromatic N) is 2. The van der Waals surface area contributed by atoms with Crippen LogP contribution in [0.15, 0.2) is 47.5 Å². The van der Waals surface area contributed by atoms with Gasteiger partial charge in [0.1, 0.15) is 5.75 Å². The Hall–Kier alpha value is -2.03. The third-order valence-electron chi connectivity index (χ3n) is 4.29. The van der Waals surface area contributed by atoms with Crippen LogP contribution in [-0.4, -0.2) is 38.3 Å². The number of aliphatic imine (C=N–C) groups is 1. The van der Waals surface area contributed by atoms with Gasteiger partial charge in [0.05, 0.1) is 26.5 Å². The van der Waals surface area contributed by atoms with Crippen molar-refractivity contribution in [2.75, 3.05) is 27.3 Å². The summed E-state index contributed by atoms with van der Waals surface area (Å²) < 4.78 is 10.4. The normalized spacial score (nSPS) is 11.9. The van der Waals surface area contributed by atoms with Gasteiger partial charge in [-0.2, -0.15) is 0 Å². The molecule has 0 bridgehead atoms. The van der Waals surface area contributed by atoms with E-state index in [2.05, 4.69) is 46.6 Å². The first-order valence-corrected chi connectivity index (χ1v) is 9.32. The molecule has 28 heavy (non-hydrogen) atoms. The van der Waals surface area contributed by atoms with Crippen LogP contribution in [0.1, 0.15) is 37.4 Å². The molecular weight excluding hydrogens is 467 g/mol. The van der Waals surface area contributed by atoms with Gasteiger partial charge in [-0.3, -0.25) is 0 Å². The number of hydrogen-bond acceptors (Lipinski definition) is 4. The minimum absolute atomic E-state index is 0. The second-order valence-electron chi connectivity index (χ2n) is 6.26. The molecule has 6 nitrogen and oxygen atoms in total. The number of methoxy groups -OCH3 is 2. The highest BCUT2D eigenvalue weighted by Crippen LogP contribution is 2.21. The van der Waals surface area contributed by atoms with Crippen molar-refractivity contribution in [1.29, 1.82) is 0 Å². The first kappa shape index (κ1) is 24.0. The number of aromatic nitrogens is 1. The lowest BCUT2D eigenvalue weighted by Crippen LogP contribution is -2.38. The third kappa shape index (κ3) is 7.92. The van der Waals surface area contributed by atoms with Crippen LogP contribution in [0, 0.1) is 0 Å². The van der Waals surface area contributed by atoms with Crippen LogP contribution in [0.5, 0.6) is 11.6 Å². The molecule has 1 unspecified atom stereocenters. The molecule has 7 heteroatoms. The van der Waals surface area contributed by atoms with Crippen molar-refractivity contribution in [3.8, 4) is 11.6 Å². The van der Waals surface area contributed by atoms with Gasteiger partial charge in [0.15, 0.2) is 5.96 Å². The second-order valence-corrected chi connectivity index (χ2v) is 6.26. The van der Waals surface area contributed by atoms with Gasteiger partial charge >= 0.3 is 0 Å². The van der Waals surface area contributed by atoms with Gasteiger partial charge in [-0.1, -0.05) is 25.1 Å². The van der Waals surface area contributed by atoms with Gasteiger partial charge in [0.25, 0.3) is 0 Å². The predicted octanol–water partition coefficient (Wildman–Crippen LogP) is 3.97. The Bertz CT molecular complexity index is 723. The summed E-state index contributed by atoms with van der Waals surface area (Å²) in [4.78, 5) is 9.00. The smallest absolute Gasteiger partial charge is 0.213 e. The fourth-order valence-corrected chi connectivity index (χ4v) is 2.67. The van der Waals surface area contributed by atoms with Gasteiger partial charge < -0.3 is 20.1 Å². The van der Waals surface area contributed by atoms with Crippen LogP contribution in [0.25, 0.3) is 0 Å². The average Bonchev–Trinajstić information content (AvgIpc) is 2.72. The van der Waals surface area contributed by atoms with Gasteiger partial charge in [-0.05, 0) is 43.0 Å². The van der Waals surface area contributed by atoms with Crippen molar-refractivity contribution in [3.63, 3.8) is 0 Å². The van der Waals surface area contributed by atoms with Gasteiger partial charge in [-0.25, -0.2) is 9.98 Å². The summed E-state index contributed by atoms with van der Waals surface area (Å²) >= 11 is 0. The van der Waals surface area contributed by atoms with E-state index in [1.807, 2.05) is 30.3 Å². The van der Waals surface area contributed by atoms with E-state index in [9.17, 15) is 0 Å². The Morgan fingerprint density at radius 2 is 1.82 bits per heavy atom. The van der Waals surface area contributed by atoms with Crippen LogP contribution in [0.4, 0.5) is 0 Å². The van der Waals surface area contributed by atoms with E-state index in [0.29, 0.717) is 18.3 Å². The molecule has 0 saturated carbocycles. The molecule has 1 atom stereocenters. The quantitative estimate of drug-likeness (QED) is 0.311. The van der Waals surface area contributed by atoms with E-state index in [-0.39, 0.29) is 24.0 Å². The van der Waals surface area contributed by atoms with Crippen molar-refractivity contribution in [3.05, 3.63) is 53.7 Å². The van der Waals surface area contributed by atoms with Crippen LogP contribution in [-0.2, 0) is 6.54 Å². The van der Waals surface area contributed by atoms with E-state index in [0.717, 1.165) is 36.9 Å². The molecule has 0 saturated heterocycles. The molecule has 0 amide bonds. The minimum atomic E-state index is 0. The molecule has 1 aromatic carbocycles. The molecule has 0 aliphatic rings. The summed E-state index contributed by atoms with van der Waals surface area (Å²) in [5, 5.41) is 6.67. The maximum absolute atomic E-state index is 5.22. The van der Waals surface area contributed by atoms with Crippen LogP contribution >= 0.6 is 24.0 Å². The molecule has 1 aromatic heterocycles. The number of benzene rings is 1. The largest absolute Gasteiger partial charge is 0.497 e. The number of guanidine groups is 1. The molecule has 0 spiro atoms. The highest BCUT2D eigenvalue weighted by atomic mass is 127. The molecule has 0 aliphatic carbocycles. The first-order valence-electron chi connectivity index (χ1n) is 9.32. The third-order valence-corrected chi connectivity index (χ3v) is 4.29. The summed E-state index contributed by atoms with van der Waals surface area (Å²) in [7, 11) is 3.30. The Morgan fingerprint density at radius 3 is 2.46 bits per heavy atom. The van der Waals surface area contributed by atoms with E-state index < -0.39 is 0 Å².